The fraction of sp³-hybridized carbons (Fsp3) is 0.750. The molecule has 1 atom stereocenters. The average Bonchev–Trinajstić information content (AvgIpc) is 2.50. The highest BCUT2D eigenvalue weighted by molar-refractivity contribution is 5.82. The number of carbonyl (C=O) groups is 3. The number of rotatable bonds is 12. The molecule has 0 fully saturated rings. The van der Waals surface area contributed by atoms with Crippen LogP contribution in [0.5, 0.6) is 0 Å². The van der Waals surface area contributed by atoms with Crippen LogP contribution in [0.2, 0.25) is 0 Å². The van der Waals surface area contributed by atoms with Gasteiger partial charge in [0.05, 0.1) is 0 Å². The minimum absolute atomic E-state index is 0. The Bertz CT molecular complexity index is 436. The molecule has 0 radical (unpaired) electrons. The van der Waals surface area contributed by atoms with Gasteiger partial charge in [-0.1, -0.05) is 21.3 Å². The van der Waals surface area contributed by atoms with E-state index < -0.39 is 24.0 Å². The first-order chi connectivity index (χ1) is 11.7. The summed E-state index contributed by atoms with van der Waals surface area (Å²) in [5.74, 6) is -2.00. The maximum Gasteiger partial charge on any atom is 0.373 e. The Labute approximate surface area is 153 Å². The lowest BCUT2D eigenvalue weighted by atomic mass is 10.1. The number of carboxylic acid groups (broad SMARTS) is 2. The number of nitrogens with one attached hydrogen (secondary N) is 3. The quantitative estimate of drug-likeness (QED) is 0.312. The highest BCUT2D eigenvalue weighted by atomic mass is 16.4. The Morgan fingerprint density at radius 1 is 1.00 bits per heavy atom. The maximum atomic E-state index is 11.5. The van der Waals surface area contributed by atoms with Crippen molar-refractivity contribution in [3.05, 3.63) is 0 Å². The number of urea groups is 1. The van der Waals surface area contributed by atoms with E-state index in [1.54, 1.807) is 0 Å². The summed E-state index contributed by atoms with van der Waals surface area (Å²) in [5, 5.41) is 25.6. The fourth-order valence-corrected chi connectivity index (χ4v) is 1.77. The molecule has 0 heterocycles. The molecule has 0 saturated heterocycles. The van der Waals surface area contributed by atoms with Crippen molar-refractivity contribution in [1.82, 2.24) is 16.0 Å². The Morgan fingerprint density at radius 2 is 1.58 bits per heavy atom. The van der Waals surface area contributed by atoms with Gasteiger partial charge in [-0.25, -0.2) is 9.59 Å². The molecule has 0 aromatic rings. The summed E-state index contributed by atoms with van der Waals surface area (Å²) in [6.07, 6.45) is 2.41. The molecule has 0 aliphatic carbocycles. The first kappa shape index (κ1) is 28.4. The van der Waals surface area contributed by atoms with E-state index in [1.807, 2.05) is 13.8 Å². The van der Waals surface area contributed by atoms with Gasteiger partial charge in [0.1, 0.15) is 6.04 Å². The van der Waals surface area contributed by atoms with Crippen molar-refractivity contribution in [2.45, 2.75) is 65.5 Å². The van der Waals surface area contributed by atoms with Crippen molar-refractivity contribution in [3.8, 4) is 0 Å². The predicted octanol–water partition coefficient (Wildman–Crippen LogP) is 0.825. The molecule has 0 saturated carbocycles. The predicted molar refractivity (Wildman–Crippen MR) is 93.6 cm³/mol. The normalized spacial score (nSPS) is 10.4. The summed E-state index contributed by atoms with van der Waals surface area (Å²) >= 11 is 0. The van der Waals surface area contributed by atoms with Gasteiger partial charge in [-0.05, 0) is 32.2 Å². The Kier molecular flexibility index (Phi) is 20.6. The molecule has 0 aromatic heterocycles. The van der Waals surface area contributed by atoms with Gasteiger partial charge in [0.2, 0.25) is 0 Å². The first-order valence-corrected chi connectivity index (χ1v) is 7.96. The van der Waals surface area contributed by atoms with E-state index in [4.69, 9.17) is 19.8 Å². The molecule has 1 unspecified atom stereocenters. The third-order valence-corrected chi connectivity index (χ3v) is 2.93. The molecule has 10 nitrogen and oxygen atoms in total. The molecule has 2 amide bonds. The van der Waals surface area contributed by atoms with Crippen LogP contribution in [-0.2, 0) is 19.2 Å². The summed E-state index contributed by atoms with van der Waals surface area (Å²) in [6, 6.07) is -1.12. The van der Waals surface area contributed by atoms with Gasteiger partial charge in [-0.3, -0.25) is 4.79 Å². The summed E-state index contributed by atoms with van der Waals surface area (Å²) in [6.45, 7) is 5.08. The maximum absolute atomic E-state index is 11.5. The molecular weight excluding hydrogens is 346 g/mol. The van der Waals surface area contributed by atoms with Crippen molar-refractivity contribution in [3.63, 3.8) is 0 Å². The van der Waals surface area contributed by atoms with Crippen LogP contribution in [-0.4, -0.2) is 59.5 Å². The van der Waals surface area contributed by atoms with Crippen molar-refractivity contribution < 1.29 is 34.2 Å². The zero-order chi connectivity index (χ0) is 19.7. The van der Waals surface area contributed by atoms with Crippen LogP contribution in [0.15, 0.2) is 0 Å². The van der Waals surface area contributed by atoms with Crippen molar-refractivity contribution in [2.75, 3.05) is 13.1 Å². The zero-order valence-corrected chi connectivity index (χ0v) is 14.5. The Morgan fingerprint density at radius 3 is 2.04 bits per heavy atom. The molecule has 10 heteroatoms. The number of aliphatic carboxylic acids is 2. The van der Waals surface area contributed by atoms with Crippen molar-refractivity contribution >= 4 is 24.1 Å². The Hall–Kier alpha value is -2.45. The lowest BCUT2D eigenvalue weighted by Gasteiger charge is -2.15. The van der Waals surface area contributed by atoms with Crippen LogP contribution in [0.1, 0.15) is 53.4 Å². The van der Waals surface area contributed by atoms with E-state index in [-0.39, 0.29) is 26.5 Å². The molecule has 5 N–H and O–H groups in total. The van der Waals surface area contributed by atoms with Crippen LogP contribution in [0.3, 0.4) is 0 Å². The van der Waals surface area contributed by atoms with Gasteiger partial charge in [-0.2, -0.15) is 9.59 Å². The molecule has 152 valence electrons. The molecule has 26 heavy (non-hydrogen) atoms. The second-order valence-corrected chi connectivity index (χ2v) is 5.48. The van der Waals surface area contributed by atoms with Gasteiger partial charge in [0, 0.05) is 19.0 Å². The Balaban J connectivity index is -0.00000123. The first-order valence-electron chi connectivity index (χ1n) is 7.96. The van der Waals surface area contributed by atoms with Crippen LogP contribution >= 0.6 is 0 Å². The van der Waals surface area contributed by atoms with Gasteiger partial charge < -0.3 is 26.2 Å². The number of carboxylic acids is 2. The lowest BCUT2D eigenvalue weighted by molar-refractivity contribution is -0.191. The number of unbranched alkanes of at least 4 members (excludes halogenated alkanes) is 1. The number of carbonyl (C=O) groups excluding carboxylic acids is 3. The monoisotopic (exact) mass is 377 g/mol. The lowest BCUT2D eigenvalue weighted by Crippen LogP contribution is -2.46. The fourth-order valence-electron chi connectivity index (χ4n) is 1.77. The summed E-state index contributed by atoms with van der Waals surface area (Å²) < 4.78 is 0. The topological polar surface area (TPSA) is 162 Å². The minimum Gasteiger partial charge on any atom is -0.481 e. The molecule has 0 rings (SSSR count). The van der Waals surface area contributed by atoms with Crippen LogP contribution in [0.25, 0.3) is 0 Å². The SMILES string of the molecule is C.CC(C)NCCCCC(NC(=O)NCCCC(=O)O)C(=O)O.O=C=O. The third-order valence-electron chi connectivity index (χ3n) is 2.93. The van der Waals surface area contributed by atoms with Gasteiger partial charge in [0.15, 0.2) is 0 Å². The zero-order valence-electron chi connectivity index (χ0n) is 14.5. The summed E-state index contributed by atoms with van der Waals surface area (Å²) in [5.41, 5.74) is 0. The standard InChI is InChI=1S/C14H27N3O5.CO2.CH4/c1-10(2)15-8-4-3-6-11(13(20)21)17-14(22)16-9-5-7-12(18)19;2-1-3;/h10-11,15H,3-9H2,1-2H3,(H,18,19)(H,20,21)(H2,16,17,22);;1H4. The van der Waals surface area contributed by atoms with E-state index in [9.17, 15) is 14.4 Å². The van der Waals surface area contributed by atoms with Crippen molar-refractivity contribution in [2.24, 2.45) is 0 Å². The van der Waals surface area contributed by atoms with E-state index in [0.29, 0.717) is 25.3 Å². The molecule has 0 aliphatic rings. The van der Waals surface area contributed by atoms with Crippen LogP contribution < -0.4 is 16.0 Å². The molecule has 0 bridgehead atoms. The number of hydrogen-bond acceptors (Lipinski definition) is 6. The summed E-state index contributed by atoms with van der Waals surface area (Å²) in [7, 11) is 0. The highest BCUT2D eigenvalue weighted by Crippen LogP contribution is 2.01. The van der Waals surface area contributed by atoms with Crippen molar-refractivity contribution in [1.29, 1.82) is 0 Å². The summed E-state index contributed by atoms with van der Waals surface area (Å²) in [4.78, 5) is 49.2. The average molecular weight is 377 g/mol. The number of amides is 2. The molecule has 0 aliphatic heterocycles. The second kappa shape index (κ2) is 18.9. The van der Waals surface area contributed by atoms with Crippen LogP contribution in [0, 0.1) is 0 Å². The van der Waals surface area contributed by atoms with Crippen LogP contribution in [0.4, 0.5) is 4.79 Å². The second-order valence-electron chi connectivity index (χ2n) is 5.48. The molecule has 0 spiro atoms. The third kappa shape index (κ3) is 21.6. The van der Waals surface area contributed by atoms with E-state index in [2.05, 4.69) is 16.0 Å². The molecule has 0 aromatic carbocycles. The minimum atomic E-state index is -1.07. The van der Waals surface area contributed by atoms with Gasteiger partial charge in [-0.15, -0.1) is 0 Å². The smallest absolute Gasteiger partial charge is 0.373 e. The number of hydrogen-bond donors (Lipinski definition) is 5. The molecular formula is C16H31N3O7. The largest absolute Gasteiger partial charge is 0.481 e. The highest BCUT2D eigenvalue weighted by Gasteiger charge is 2.19. The van der Waals surface area contributed by atoms with Gasteiger partial charge >= 0.3 is 24.1 Å². The van der Waals surface area contributed by atoms with E-state index in [1.165, 1.54) is 0 Å². The van der Waals surface area contributed by atoms with Gasteiger partial charge in [0.25, 0.3) is 0 Å². The van der Waals surface area contributed by atoms with E-state index >= 15 is 0 Å². The van der Waals surface area contributed by atoms with E-state index in [0.717, 1.165) is 13.0 Å².